The van der Waals surface area contributed by atoms with Crippen molar-refractivity contribution < 1.29 is 24.2 Å². The highest BCUT2D eigenvalue weighted by atomic mass is 35.5. The van der Waals surface area contributed by atoms with Crippen LogP contribution in [0.4, 0.5) is 5.82 Å². The van der Waals surface area contributed by atoms with E-state index in [9.17, 15) is 14.7 Å². The Morgan fingerprint density at radius 1 is 1.24 bits per heavy atom. The number of aryl methyl sites for hydroxylation is 1. The highest BCUT2D eigenvalue weighted by molar-refractivity contribution is 7.16. The van der Waals surface area contributed by atoms with Crippen LogP contribution in [0.1, 0.15) is 37.7 Å². The van der Waals surface area contributed by atoms with Gasteiger partial charge in [-0.05, 0) is 36.1 Å². The molecule has 4 aromatic heterocycles. The van der Waals surface area contributed by atoms with Crippen molar-refractivity contribution in [1.82, 2.24) is 24.5 Å². The van der Waals surface area contributed by atoms with E-state index in [1.807, 2.05) is 13.0 Å². The van der Waals surface area contributed by atoms with E-state index in [0.717, 1.165) is 51.6 Å². The Bertz CT molecular complexity index is 1530. The molecule has 1 saturated heterocycles. The first-order valence-corrected chi connectivity index (χ1v) is 14.0. The predicted octanol–water partition coefficient (Wildman–Crippen LogP) is 3.30. The number of aromatic carboxylic acids is 1. The number of aromatic nitrogens is 4. The molecule has 14 heteroatoms. The Morgan fingerprint density at radius 3 is 2.79 bits per heavy atom. The summed E-state index contributed by atoms with van der Waals surface area (Å²) in [7, 11) is 0. The van der Waals surface area contributed by atoms with Crippen LogP contribution in [0.3, 0.4) is 0 Å². The number of fused-ring (bicyclic) bond motifs is 3. The molecule has 6 rings (SSSR count). The number of carbonyl (C=O) groups excluding carboxylic acids is 1. The molecule has 1 N–H and O–H groups in total. The van der Waals surface area contributed by atoms with Crippen LogP contribution < -0.4 is 9.64 Å². The summed E-state index contributed by atoms with van der Waals surface area (Å²) in [5, 5.41) is 16.9. The molecule has 2 aliphatic heterocycles. The van der Waals surface area contributed by atoms with Gasteiger partial charge in [-0.15, -0.1) is 11.3 Å². The van der Waals surface area contributed by atoms with Crippen LogP contribution in [-0.2, 0) is 16.0 Å². The van der Waals surface area contributed by atoms with Gasteiger partial charge < -0.3 is 24.4 Å². The lowest BCUT2D eigenvalue weighted by molar-refractivity contribution is -0.135. The van der Waals surface area contributed by atoms with E-state index in [1.165, 1.54) is 11.3 Å². The molecule has 198 valence electrons. The standard InChI is InChI=1S/C24H23ClN6O5S2/c1-13-28-31-21-15(26-24(31)38-13)4-5-30(20(21)14-10-17(23(33)34)37-12-14)19(32)11-36-16-2-3-18(27-22(16)25)29-6-8-35-9-7-29/h2-3,10,12,20H,4-9,11H2,1H3,(H,33,34). The number of carboxylic acids is 1. The van der Waals surface area contributed by atoms with Crippen molar-refractivity contribution in [2.75, 3.05) is 44.4 Å². The van der Waals surface area contributed by atoms with Crippen molar-refractivity contribution in [2.45, 2.75) is 19.4 Å². The Morgan fingerprint density at radius 2 is 2.05 bits per heavy atom. The van der Waals surface area contributed by atoms with Gasteiger partial charge in [0, 0.05) is 26.1 Å². The fourth-order valence-electron chi connectivity index (χ4n) is 4.79. The fourth-order valence-corrected chi connectivity index (χ4v) is 6.52. The highest BCUT2D eigenvalue weighted by Gasteiger charge is 2.37. The lowest BCUT2D eigenvalue weighted by Crippen LogP contribution is -2.43. The first-order valence-electron chi connectivity index (χ1n) is 12.0. The SMILES string of the molecule is Cc1nn2c3c(nc2s1)CCN(C(=O)COc1ccc(N2CCOCC2)nc1Cl)C3c1csc(C(=O)O)c1. The number of pyridine rings is 1. The van der Waals surface area contributed by atoms with E-state index in [2.05, 4.69) is 15.0 Å². The molecule has 38 heavy (non-hydrogen) atoms. The van der Waals surface area contributed by atoms with Gasteiger partial charge in [0.15, 0.2) is 17.5 Å². The maximum absolute atomic E-state index is 13.5. The summed E-state index contributed by atoms with van der Waals surface area (Å²) < 4.78 is 13.0. The zero-order valence-corrected chi connectivity index (χ0v) is 22.7. The van der Waals surface area contributed by atoms with Crippen LogP contribution in [0, 0.1) is 6.92 Å². The number of hydrogen-bond acceptors (Lipinski definition) is 10. The highest BCUT2D eigenvalue weighted by Crippen LogP contribution is 2.38. The van der Waals surface area contributed by atoms with Gasteiger partial charge >= 0.3 is 5.97 Å². The maximum Gasteiger partial charge on any atom is 0.345 e. The normalized spacial score (nSPS) is 17.6. The van der Waals surface area contributed by atoms with Crippen molar-refractivity contribution >= 4 is 56.9 Å². The molecule has 1 unspecified atom stereocenters. The maximum atomic E-state index is 13.5. The average molecular weight is 575 g/mol. The third-order valence-corrected chi connectivity index (χ3v) is 8.56. The number of imidazole rings is 1. The quantitative estimate of drug-likeness (QED) is 0.346. The van der Waals surface area contributed by atoms with Crippen LogP contribution in [0.15, 0.2) is 23.6 Å². The molecular formula is C24H23ClN6O5S2. The van der Waals surface area contributed by atoms with E-state index in [-0.39, 0.29) is 22.5 Å². The lowest BCUT2D eigenvalue weighted by atomic mass is 9.97. The third-order valence-electron chi connectivity index (χ3n) is 6.53. The minimum absolute atomic E-state index is 0.179. The molecule has 4 aromatic rings. The zero-order valence-electron chi connectivity index (χ0n) is 20.3. The van der Waals surface area contributed by atoms with Crippen LogP contribution in [0.5, 0.6) is 5.75 Å². The van der Waals surface area contributed by atoms with Gasteiger partial charge in [0.2, 0.25) is 4.96 Å². The number of ether oxygens (including phenoxy) is 2. The van der Waals surface area contributed by atoms with Gasteiger partial charge in [-0.2, -0.15) is 5.10 Å². The number of thiophene rings is 1. The van der Waals surface area contributed by atoms with Gasteiger partial charge in [0.1, 0.15) is 21.7 Å². The second kappa shape index (κ2) is 10.1. The average Bonchev–Trinajstić information content (AvgIpc) is 3.62. The van der Waals surface area contributed by atoms with Gasteiger partial charge in [-0.1, -0.05) is 22.9 Å². The largest absolute Gasteiger partial charge is 0.481 e. The number of halogens is 1. The van der Waals surface area contributed by atoms with Gasteiger partial charge in [0.25, 0.3) is 5.91 Å². The molecule has 11 nitrogen and oxygen atoms in total. The summed E-state index contributed by atoms with van der Waals surface area (Å²) in [4.78, 5) is 39.0. The van der Waals surface area contributed by atoms with E-state index in [0.29, 0.717) is 37.5 Å². The monoisotopic (exact) mass is 574 g/mol. The summed E-state index contributed by atoms with van der Waals surface area (Å²) in [6.07, 6.45) is 0.555. The number of rotatable bonds is 6. The smallest absolute Gasteiger partial charge is 0.345 e. The number of amides is 1. The topological polar surface area (TPSA) is 122 Å². The van der Waals surface area contributed by atoms with Crippen molar-refractivity contribution in [3.05, 3.63) is 55.6 Å². The first kappa shape index (κ1) is 25.0. The molecule has 0 bridgehead atoms. The number of anilines is 1. The second-order valence-corrected chi connectivity index (χ2v) is 11.3. The van der Waals surface area contributed by atoms with Gasteiger partial charge in [-0.3, -0.25) is 4.79 Å². The Hall–Kier alpha value is -3.26. The number of carbonyl (C=O) groups is 2. The summed E-state index contributed by atoms with van der Waals surface area (Å²) in [5.41, 5.74) is 2.32. The van der Waals surface area contributed by atoms with E-state index in [1.54, 1.807) is 26.9 Å². The minimum atomic E-state index is -1.01. The first-order chi connectivity index (χ1) is 18.4. The third kappa shape index (κ3) is 4.59. The molecule has 0 aromatic carbocycles. The summed E-state index contributed by atoms with van der Waals surface area (Å²) in [6.45, 7) is 4.77. The molecular weight excluding hydrogens is 552 g/mol. The lowest BCUT2D eigenvalue weighted by Gasteiger charge is -2.35. The van der Waals surface area contributed by atoms with Crippen LogP contribution in [0.2, 0.25) is 5.15 Å². The summed E-state index contributed by atoms with van der Waals surface area (Å²) >= 11 is 9.00. The van der Waals surface area contributed by atoms with Crippen molar-refractivity contribution in [1.29, 1.82) is 0 Å². The molecule has 2 aliphatic rings. The van der Waals surface area contributed by atoms with Crippen LogP contribution in [-0.4, -0.2) is 80.9 Å². The van der Waals surface area contributed by atoms with Crippen LogP contribution >= 0.6 is 34.3 Å². The Balaban J connectivity index is 1.26. The van der Waals surface area contributed by atoms with Crippen LogP contribution in [0.25, 0.3) is 4.96 Å². The molecule has 1 fully saturated rings. The minimum Gasteiger partial charge on any atom is -0.481 e. The molecule has 0 radical (unpaired) electrons. The van der Waals surface area contributed by atoms with Crippen molar-refractivity contribution in [2.24, 2.45) is 0 Å². The molecule has 0 aliphatic carbocycles. The zero-order chi connectivity index (χ0) is 26.4. The summed E-state index contributed by atoms with van der Waals surface area (Å²) in [6, 6.07) is 4.60. The number of morpholine rings is 1. The van der Waals surface area contributed by atoms with Crippen molar-refractivity contribution in [3.8, 4) is 5.75 Å². The summed E-state index contributed by atoms with van der Waals surface area (Å²) in [5.74, 6) is -0.226. The number of carboxylic acid groups (broad SMARTS) is 1. The van der Waals surface area contributed by atoms with Gasteiger partial charge in [-0.25, -0.2) is 19.3 Å². The fraction of sp³-hybridized carbons (Fsp3) is 0.375. The number of hydrogen-bond donors (Lipinski definition) is 1. The molecule has 1 amide bonds. The Kier molecular flexibility index (Phi) is 6.68. The van der Waals surface area contributed by atoms with E-state index in [4.69, 9.17) is 26.1 Å². The predicted molar refractivity (Wildman–Crippen MR) is 142 cm³/mol. The number of nitrogens with zero attached hydrogens (tertiary/aromatic N) is 6. The van der Waals surface area contributed by atoms with E-state index < -0.39 is 12.0 Å². The molecule has 0 spiro atoms. The van der Waals surface area contributed by atoms with Crippen molar-refractivity contribution in [3.63, 3.8) is 0 Å². The molecule has 6 heterocycles. The van der Waals surface area contributed by atoms with Gasteiger partial charge in [0.05, 0.1) is 24.6 Å². The van der Waals surface area contributed by atoms with E-state index >= 15 is 0 Å². The Labute approximate surface area is 230 Å². The molecule has 0 saturated carbocycles. The second-order valence-electron chi connectivity index (χ2n) is 8.89. The molecule has 1 atom stereocenters.